The van der Waals surface area contributed by atoms with E-state index in [0.717, 1.165) is 6.42 Å². The highest BCUT2D eigenvalue weighted by Crippen LogP contribution is 2.39. The molecule has 0 saturated carbocycles. The molecule has 33 heavy (non-hydrogen) atoms. The lowest BCUT2D eigenvalue weighted by Crippen LogP contribution is -2.24. The van der Waals surface area contributed by atoms with Crippen molar-refractivity contribution in [3.8, 4) is 0 Å². The normalized spacial score (nSPS) is 13.5. The zero-order chi connectivity index (χ0) is 25.6. The summed E-state index contributed by atoms with van der Waals surface area (Å²) in [4.78, 5) is 0. The molecule has 2 aromatic carbocycles. The molecule has 0 radical (unpaired) electrons. The van der Waals surface area contributed by atoms with E-state index < -0.39 is 0 Å². The topological polar surface area (TPSA) is 52.0 Å². The molecule has 4 N–H and O–H groups in total. The first-order chi connectivity index (χ1) is 14.8. The molecule has 0 saturated heterocycles. The third-order valence-corrected chi connectivity index (χ3v) is 6.83. The quantitative estimate of drug-likeness (QED) is 0.510. The number of hydrogen-bond acceptors (Lipinski definition) is 2. The second kappa shape index (κ2) is 9.19. The Morgan fingerprint density at radius 2 is 0.788 bits per heavy atom. The molecule has 2 rings (SSSR count). The summed E-state index contributed by atoms with van der Waals surface area (Å²) in [6, 6.07) is 9.54. The number of hydrogen-bond donors (Lipinski definition) is 2. The van der Waals surface area contributed by atoms with Gasteiger partial charge in [0.2, 0.25) is 0 Å². The molecule has 2 aromatic rings. The maximum Gasteiger partial charge on any atom is 0.0181 e. The Morgan fingerprint density at radius 3 is 1.00 bits per heavy atom. The summed E-state index contributed by atoms with van der Waals surface area (Å²) in [6.45, 7) is 28.7. The van der Waals surface area contributed by atoms with Gasteiger partial charge in [0.05, 0.1) is 0 Å². The van der Waals surface area contributed by atoms with Gasteiger partial charge >= 0.3 is 0 Å². The Kier molecular flexibility index (Phi) is 7.69. The van der Waals surface area contributed by atoms with Crippen LogP contribution in [0, 0.1) is 0 Å². The zero-order valence-electron chi connectivity index (χ0n) is 23.6. The van der Waals surface area contributed by atoms with Gasteiger partial charge in [-0.15, -0.1) is 0 Å². The standard InChI is InChI=1S/C31H50N2/c1-28(2,3)22-13-20(18-32)24(26(15-22)30(7,8)9)17-25-21(19-33)14-23(29(4,5)6)16-27(25)31(10,11)12/h13-16H,17-19,32-33H2,1-12H3. The fourth-order valence-corrected chi connectivity index (χ4v) is 4.63. The minimum atomic E-state index is 0.0244. The van der Waals surface area contributed by atoms with Crippen LogP contribution in [-0.4, -0.2) is 0 Å². The molecule has 0 aromatic heterocycles. The molecule has 0 bridgehead atoms. The summed E-state index contributed by atoms with van der Waals surface area (Å²) < 4.78 is 0. The van der Waals surface area contributed by atoms with E-state index in [9.17, 15) is 0 Å². The Morgan fingerprint density at radius 1 is 0.485 bits per heavy atom. The van der Waals surface area contributed by atoms with E-state index in [0.29, 0.717) is 13.1 Å². The van der Waals surface area contributed by atoms with Crippen molar-refractivity contribution >= 4 is 0 Å². The van der Waals surface area contributed by atoms with Crippen LogP contribution in [0.2, 0.25) is 0 Å². The molecule has 0 heterocycles. The van der Waals surface area contributed by atoms with Crippen molar-refractivity contribution in [3.63, 3.8) is 0 Å². The fraction of sp³-hybridized carbons (Fsp3) is 0.613. The second-order valence-corrected chi connectivity index (χ2v) is 13.9. The van der Waals surface area contributed by atoms with E-state index in [1.807, 2.05) is 0 Å². The van der Waals surface area contributed by atoms with E-state index in [1.54, 1.807) is 0 Å². The van der Waals surface area contributed by atoms with Crippen molar-refractivity contribution in [1.29, 1.82) is 0 Å². The monoisotopic (exact) mass is 450 g/mol. The van der Waals surface area contributed by atoms with Gasteiger partial charge in [-0.2, -0.15) is 0 Å². The second-order valence-electron chi connectivity index (χ2n) is 13.9. The molecule has 0 aliphatic rings. The van der Waals surface area contributed by atoms with Crippen LogP contribution >= 0.6 is 0 Å². The Hall–Kier alpha value is -1.64. The molecular formula is C31H50N2. The average molecular weight is 451 g/mol. The molecule has 0 atom stereocenters. The summed E-state index contributed by atoms with van der Waals surface area (Å²) in [5.41, 5.74) is 23.8. The molecule has 2 heteroatoms. The van der Waals surface area contributed by atoms with Gasteiger partial charge in [0.15, 0.2) is 0 Å². The van der Waals surface area contributed by atoms with Crippen molar-refractivity contribution in [3.05, 3.63) is 68.8 Å². The van der Waals surface area contributed by atoms with E-state index in [-0.39, 0.29) is 21.7 Å². The fourth-order valence-electron chi connectivity index (χ4n) is 4.63. The highest BCUT2D eigenvalue weighted by molar-refractivity contribution is 5.52. The number of nitrogens with two attached hydrogens (primary N) is 2. The van der Waals surface area contributed by atoms with Crippen LogP contribution in [0.3, 0.4) is 0 Å². The van der Waals surface area contributed by atoms with Gasteiger partial charge in [0, 0.05) is 13.1 Å². The minimum Gasteiger partial charge on any atom is -0.326 e. The first kappa shape index (κ1) is 27.6. The Bertz CT molecular complexity index is 903. The molecule has 0 amide bonds. The van der Waals surface area contributed by atoms with E-state index in [4.69, 9.17) is 11.5 Å². The largest absolute Gasteiger partial charge is 0.326 e. The van der Waals surface area contributed by atoms with Crippen LogP contribution in [0.1, 0.15) is 128 Å². The predicted octanol–water partition coefficient (Wildman–Crippen LogP) is 7.38. The molecule has 0 unspecified atom stereocenters. The predicted molar refractivity (Wildman–Crippen MR) is 146 cm³/mol. The summed E-state index contributed by atoms with van der Waals surface area (Å²) >= 11 is 0. The Balaban J connectivity index is 2.89. The molecule has 0 aliphatic carbocycles. The smallest absolute Gasteiger partial charge is 0.0181 e. The lowest BCUT2D eigenvalue weighted by atomic mass is 9.72. The van der Waals surface area contributed by atoms with E-state index in [2.05, 4.69) is 107 Å². The molecule has 0 fully saturated rings. The van der Waals surface area contributed by atoms with E-state index >= 15 is 0 Å². The average Bonchev–Trinajstić information content (AvgIpc) is 2.64. The summed E-state index contributed by atoms with van der Waals surface area (Å²) in [5.74, 6) is 0. The maximum absolute atomic E-state index is 6.38. The third kappa shape index (κ3) is 6.28. The summed E-state index contributed by atoms with van der Waals surface area (Å²) in [6.07, 6.45) is 0.868. The number of benzene rings is 2. The molecule has 0 aliphatic heterocycles. The van der Waals surface area contributed by atoms with Crippen LogP contribution in [0.4, 0.5) is 0 Å². The van der Waals surface area contributed by atoms with Gasteiger partial charge < -0.3 is 11.5 Å². The van der Waals surface area contributed by atoms with Gasteiger partial charge in [-0.25, -0.2) is 0 Å². The van der Waals surface area contributed by atoms with Gasteiger partial charge in [-0.05, 0) is 72.6 Å². The lowest BCUT2D eigenvalue weighted by Gasteiger charge is -2.33. The summed E-state index contributed by atoms with van der Waals surface area (Å²) in [5, 5.41) is 0. The van der Waals surface area contributed by atoms with E-state index in [1.165, 1.54) is 44.5 Å². The van der Waals surface area contributed by atoms with Crippen molar-refractivity contribution in [2.45, 2.75) is 124 Å². The molecule has 0 spiro atoms. The third-order valence-electron chi connectivity index (χ3n) is 6.83. The minimum absolute atomic E-state index is 0.0244. The maximum atomic E-state index is 6.38. The van der Waals surface area contributed by atoms with Crippen molar-refractivity contribution < 1.29 is 0 Å². The zero-order valence-corrected chi connectivity index (χ0v) is 23.6. The number of rotatable bonds is 4. The first-order valence-electron chi connectivity index (χ1n) is 12.5. The molecule has 2 nitrogen and oxygen atoms in total. The van der Waals surface area contributed by atoms with Crippen LogP contribution < -0.4 is 11.5 Å². The first-order valence-corrected chi connectivity index (χ1v) is 12.5. The van der Waals surface area contributed by atoms with Crippen LogP contribution in [0.25, 0.3) is 0 Å². The summed E-state index contributed by atoms with van der Waals surface area (Å²) in [7, 11) is 0. The Labute approximate surface area is 204 Å². The lowest BCUT2D eigenvalue weighted by molar-refractivity contribution is 0.556. The highest BCUT2D eigenvalue weighted by Gasteiger charge is 2.28. The van der Waals surface area contributed by atoms with Crippen LogP contribution in [-0.2, 0) is 41.2 Å². The van der Waals surface area contributed by atoms with Crippen LogP contribution in [0.15, 0.2) is 24.3 Å². The van der Waals surface area contributed by atoms with Crippen LogP contribution in [0.5, 0.6) is 0 Å². The van der Waals surface area contributed by atoms with Gasteiger partial charge in [-0.3, -0.25) is 0 Å². The SMILES string of the molecule is CC(C)(C)c1cc(CN)c(Cc2c(CN)cc(C(C)(C)C)cc2C(C)(C)C)c(C(C)(C)C)c1. The van der Waals surface area contributed by atoms with Crippen molar-refractivity contribution in [1.82, 2.24) is 0 Å². The van der Waals surface area contributed by atoms with Crippen molar-refractivity contribution in [2.75, 3.05) is 0 Å². The highest BCUT2D eigenvalue weighted by atomic mass is 14.5. The van der Waals surface area contributed by atoms with Gasteiger partial charge in [0.1, 0.15) is 0 Å². The van der Waals surface area contributed by atoms with Crippen molar-refractivity contribution in [2.24, 2.45) is 11.5 Å². The molecule has 184 valence electrons. The molecular weight excluding hydrogens is 400 g/mol. The van der Waals surface area contributed by atoms with Gasteiger partial charge in [-0.1, -0.05) is 107 Å². The van der Waals surface area contributed by atoms with Gasteiger partial charge in [0.25, 0.3) is 0 Å².